The van der Waals surface area contributed by atoms with Crippen LogP contribution in [0.5, 0.6) is 0 Å². The van der Waals surface area contributed by atoms with Gasteiger partial charge in [-0.05, 0) is 99.9 Å². The van der Waals surface area contributed by atoms with Crippen LogP contribution in [-0.2, 0) is 9.59 Å². The van der Waals surface area contributed by atoms with Crippen molar-refractivity contribution in [2.45, 2.75) is 34.6 Å². The number of hydrogen-bond donors (Lipinski definition) is 1. The summed E-state index contributed by atoms with van der Waals surface area (Å²) < 4.78 is 3.26. The molecule has 0 aliphatic carbocycles. The van der Waals surface area contributed by atoms with E-state index in [1.165, 1.54) is 9.58 Å². The smallest absolute Gasteiger partial charge is 0.280 e. The van der Waals surface area contributed by atoms with Gasteiger partial charge in [0.2, 0.25) is 0 Å². The third-order valence-electron chi connectivity index (χ3n) is 6.42. The molecular formula is C28H25N5O3S. The fourth-order valence-corrected chi connectivity index (χ4v) is 5.11. The summed E-state index contributed by atoms with van der Waals surface area (Å²) in [5.74, 6) is -0.562. The minimum atomic E-state index is -0.568. The molecule has 1 aliphatic heterocycles. The maximum atomic E-state index is 13.5. The van der Waals surface area contributed by atoms with E-state index in [4.69, 9.17) is 12.2 Å². The summed E-state index contributed by atoms with van der Waals surface area (Å²) in [6, 6.07) is 14.7. The molecule has 2 amide bonds. The maximum Gasteiger partial charge on any atom is 0.280 e. The highest BCUT2D eigenvalue weighted by Crippen LogP contribution is 2.26. The number of para-hydroxylation sites is 1. The number of carbonyl (C=O) groups excluding carboxylic acids is 2. The van der Waals surface area contributed by atoms with Crippen LogP contribution in [0.3, 0.4) is 0 Å². The van der Waals surface area contributed by atoms with Gasteiger partial charge >= 0.3 is 0 Å². The highest BCUT2D eigenvalue weighted by molar-refractivity contribution is 7.80. The Hall–Kier alpha value is -4.37. The predicted molar refractivity (Wildman–Crippen MR) is 148 cm³/mol. The van der Waals surface area contributed by atoms with Gasteiger partial charge in [0.15, 0.2) is 5.11 Å². The summed E-state index contributed by atoms with van der Waals surface area (Å²) in [6.07, 6.45) is 1.54. The molecule has 0 bridgehead atoms. The van der Waals surface area contributed by atoms with Gasteiger partial charge < -0.3 is 0 Å². The van der Waals surface area contributed by atoms with Gasteiger partial charge in [-0.15, -0.1) is 0 Å². The third-order valence-corrected chi connectivity index (χ3v) is 6.70. The standard InChI is InChI=1S/C28H25N5O3S/c1-15-10-16(2)12-21(11-15)31-26(35)23(25(34)30-28(31)37)14-20-13-17(3)32(18(20)4)33-19(5)29-24-9-7-6-8-22(24)27(33)36/h6-14H,1-5H3,(H,30,34,37). The SMILES string of the molecule is Cc1cc(C)cc(N2C(=O)C(=Cc3cc(C)n(-n4c(C)nc5ccccc5c4=O)c3C)C(=O)NC2=S)c1. The van der Waals surface area contributed by atoms with Gasteiger partial charge in [0.05, 0.1) is 16.6 Å². The number of hydrogen-bond acceptors (Lipinski definition) is 5. The Morgan fingerprint density at radius 1 is 0.892 bits per heavy atom. The Morgan fingerprint density at radius 3 is 2.27 bits per heavy atom. The van der Waals surface area contributed by atoms with Gasteiger partial charge in [-0.25, -0.2) is 4.98 Å². The monoisotopic (exact) mass is 511 g/mol. The highest BCUT2D eigenvalue weighted by atomic mass is 32.1. The number of nitrogens with one attached hydrogen (secondary N) is 1. The summed E-state index contributed by atoms with van der Waals surface area (Å²) in [4.78, 5) is 45.7. The van der Waals surface area contributed by atoms with Crippen LogP contribution in [0.15, 0.2) is 58.9 Å². The number of nitrogens with zero attached hydrogens (tertiary/aromatic N) is 4. The molecule has 4 aromatic rings. The number of aromatic nitrogens is 3. The first-order chi connectivity index (χ1) is 17.6. The molecule has 1 fully saturated rings. The van der Waals surface area contributed by atoms with Crippen molar-refractivity contribution in [3.05, 3.63) is 98.4 Å². The van der Waals surface area contributed by atoms with Crippen molar-refractivity contribution in [2.75, 3.05) is 4.90 Å². The minimum absolute atomic E-state index is 0.0343. The fourth-order valence-electron chi connectivity index (χ4n) is 4.83. The van der Waals surface area contributed by atoms with Gasteiger partial charge in [0.1, 0.15) is 11.4 Å². The van der Waals surface area contributed by atoms with Crippen LogP contribution in [0.4, 0.5) is 5.69 Å². The van der Waals surface area contributed by atoms with E-state index in [-0.39, 0.29) is 16.2 Å². The summed E-state index contributed by atoms with van der Waals surface area (Å²) in [5.41, 5.74) is 4.96. The van der Waals surface area contributed by atoms with Gasteiger partial charge in [-0.3, -0.25) is 29.3 Å². The normalized spacial score (nSPS) is 15.1. The van der Waals surface area contributed by atoms with Crippen LogP contribution in [0.25, 0.3) is 17.0 Å². The van der Waals surface area contributed by atoms with Gasteiger partial charge in [-0.2, -0.15) is 4.68 Å². The van der Waals surface area contributed by atoms with Crippen molar-refractivity contribution < 1.29 is 9.59 Å². The summed E-state index contributed by atoms with van der Waals surface area (Å²) in [7, 11) is 0. The molecule has 186 valence electrons. The summed E-state index contributed by atoms with van der Waals surface area (Å²) >= 11 is 5.35. The Bertz CT molecular complexity index is 1720. The Kier molecular flexibility index (Phi) is 5.88. The molecule has 37 heavy (non-hydrogen) atoms. The van der Waals surface area contributed by atoms with E-state index < -0.39 is 11.8 Å². The second kappa shape index (κ2) is 8.94. The zero-order valence-electron chi connectivity index (χ0n) is 21.1. The van der Waals surface area contributed by atoms with Gasteiger partial charge in [0, 0.05) is 11.4 Å². The van der Waals surface area contributed by atoms with Crippen LogP contribution in [0.1, 0.15) is 33.9 Å². The first-order valence-corrected chi connectivity index (χ1v) is 12.2. The average Bonchev–Trinajstić information content (AvgIpc) is 3.09. The molecule has 0 radical (unpaired) electrons. The number of carbonyl (C=O) groups is 2. The molecule has 0 saturated carbocycles. The van der Waals surface area contributed by atoms with E-state index in [0.29, 0.717) is 33.7 Å². The average molecular weight is 512 g/mol. The molecule has 0 atom stereocenters. The third kappa shape index (κ3) is 4.07. The molecule has 1 saturated heterocycles. The summed E-state index contributed by atoms with van der Waals surface area (Å²) in [6.45, 7) is 9.33. The second-order valence-corrected chi connectivity index (χ2v) is 9.62. The van der Waals surface area contributed by atoms with Crippen LogP contribution >= 0.6 is 12.2 Å². The van der Waals surface area contributed by atoms with Crippen LogP contribution in [-0.4, -0.2) is 31.3 Å². The van der Waals surface area contributed by atoms with E-state index in [9.17, 15) is 14.4 Å². The molecular weight excluding hydrogens is 486 g/mol. The lowest BCUT2D eigenvalue weighted by Gasteiger charge is -2.29. The van der Waals surface area contributed by atoms with Gasteiger partial charge in [0.25, 0.3) is 17.4 Å². The topological polar surface area (TPSA) is 89.2 Å². The number of amides is 2. The predicted octanol–water partition coefficient (Wildman–Crippen LogP) is 3.88. The van der Waals surface area contributed by atoms with Crippen LogP contribution < -0.4 is 15.8 Å². The molecule has 3 heterocycles. The number of rotatable bonds is 3. The van der Waals surface area contributed by atoms with Gasteiger partial charge in [-0.1, -0.05) is 18.2 Å². The lowest BCUT2D eigenvalue weighted by atomic mass is 10.1. The molecule has 0 spiro atoms. The van der Waals surface area contributed by atoms with Crippen molar-refractivity contribution in [1.29, 1.82) is 0 Å². The van der Waals surface area contributed by atoms with E-state index in [0.717, 1.165) is 16.8 Å². The van der Waals surface area contributed by atoms with Crippen molar-refractivity contribution in [3.8, 4) is 0 Å². The number of benzene rings is 2. The molecule has 2 aromatic heterocycles. The molecule has 1 N–H and O–H groups in total. The summed E-state index contributed by atoms with van der Waals surface area (Å²) in [5, 5.41) is 3.17. The lowest BCUT2D eigenvalue weighted by Crippen LogP contribution is -2.54. The largest absolute Gasteiger partial charge is 0.298 e. The quantitative estimate of drug-likeness (QED) is 0.256. The first-order valence-electron chi connectivity index (χ1n) is 11.7. The molecule has 0 unspecified atom stereocenters. The molecule has 2 aromatic carbocycles. The van der Waals surface area contributed by atoms with E-state index in [2.05, 4.69) is 10.3 Å². The van der Waals surface area contributed by atoms with Crippen molar-refractivity contribution >= 4 is 51.8 Å². The Labute approximate surface area is 218 Å². The fraction of sp³-hybridized carbons (Fsp3) is 0.179. The Balaban J connectivity index is 1.63. The van der Waals surface area contributed by atoms with E-state index >= 15 is 0 Å². The van der Waals surface area contributed by atoms with E-state index in [1.54, 1.807) is 35.9 Å². The Morgan fingerprint density at radius 2 is 1.57 bits per heavy atom. The molecule has 1 aliphatic rings. The van der Waals surface area contributed by atoms with E-state index in [1.807, 2.05) is 58.0 Å². The van der Waals surface area contributed by atoms with Crippen molar-refractivity contribution in [3.63, 3.8) is 0 Å². The number of fused-ring (bicyclic) bond motifs is 1. The zero-order valence-corrected chi connectivity index (χ0v) is 21.9. The second-order valence-electron chi connectivity index (χ2n) is 9.24. The highest BCUT2D eigenvalue weighted by Gasteiger charge is 2.35. The van der Waals surface area contributed by atoms with Crippen LogP contribution in [0, 0.1) is 34.6 Å². The lowest BCUT2D eigenvalue weighted by molar-refractivity contribution is -0.122. The molecule has 5 rings (SSSR count). The number of anilines is 1. The van der Waals surface area contributed by atoms with Crippen molar-refractivity contribution in [1.82, 2.24) is 19.7 Å². The minimum Gasteiger partial charge on any atom is -0.298 e. The number of thiocarbonyl (C=S) groups is 1. The first kappa shape index (κ1) is 24.3. The molecule has 8 nitrogen and oxygen atoms in total. The van der Waals surface area contributed by atoms with Crippen LogP contribution in [0.2, 0.25) is 0 Å². The van der Waals surface area contributed by atoms with Crippen molar-refractivity contribution in [2.24, 2.45) is 0 Å². The number of aryl methyl sites for hydroxylation is 4. The maximum absolute atomic E-state index is 13.5. The zero-order chi connectivity index (χ0) is 26.6. The molecule has 9 heteroatoms.